The number of aliphatic hydroxyl groups excluding tert-OH is 1. The van der Waals surface area contributed by atoms with E-state index in [0.717, 1.165) is 19.5 Å². The molecule has 2 atom stereocenters. The van der Waals surface area contributed by atoms with Gasteiger partial charge in [-0.2, -0.15) is 0 Å². The van der Waals surface area contributed by atoms with Crippen LogP contribution in [0.3, 0.4) is 0 Å². The van der Waals surface area contributed by atoms with Crippen molar-refractivity contribution < 1.29 is 14.6 Å². The molecule has 1 aliphatic rings. The van der Waals surface area contributed by atoms with Crippen molar-refractivity contribution in [1.29, 1.82) is 0 Å². The highest BCUT2D eigenvalue weighted by Crippen LogP contribution is 2.26. The van der Waals surface area contributed by atoms with Crippen molar-refractivity contribution in [3.8, 4) is 0 Å². The molecule has 0 aliphatic carbocycles. The van der Waals surface area contributed by atoms with Crippen LogP contribution < -0.4 is 0 Å². The Morgan fingerprint density at radius 2 is 2.11 bits per heavy atom. The molecule has 0 bridgehead atoms. The van der Waals surface area contributed by atoms with E-state index in [4.69, 9.17) is 9.47 Å². The molecular formula is C15H23NO3. The van der Waals surface area contributed by atoms with Crippen molar-refractivity contribution in [3.63, 3.8) is 0 Å². The first-order valence-corrected chi connectivity index (χ1v) is 6.76. The van der Waals surface area contributed by atoms with Crippen molar-refractivity contribution in [2.45, 2.75) is 25.5 Å². The van der Waals surface area contributed by atoms with Gasteiger partial charge in [-0.3, -0.25) is 4.90 Å². The number of hydrogen-bond donors (Lipinski definition) is 1. The van der Waals surface area contributed by atoms with E-state index in [0.29, 0.717) is 6.79 Å². The highest BCUT2D eigenvalue weighted by atomic mass is 16.7. The van der Waals surface area contributed by atoms with E-state index in [-0.39, 0.29) is 18.8 Å². The number of nitrogens with zero attached hydrogens (tertiary/aromatic N) is 1. The molecule has 19 heavy (non-hydrogen) atoms. The normalized spacial score (nSPS) is 21.7. The molecule has 0 spiro atoms. The zero-order valence-corrected chi connectivity index (χ0v) is 11.7. The SMILES string of the molecule is COCO[C@H]1CCN([C@@H](CO)c2ccc(C)cc2)C1. The van der Waals surface area contributed by atoms with Crippen LogP contribution in [-0.4, -0.2) is 49.7 Å². The van der Waals surface area contributed by atoms with Gasteiger partial charge in [-0.05, 0) is 18.9 Å². The first-order chi connectivity index (χ1) is 9.24. The molecule has 4 heteroatoms. The van der Waals surface area contributed by atoms with Gasteiger partial charge in [0, 0.05) is 20.2 Å². The first kappa shape index (κ1) is 14.5. The van der Waals surface area contributed by atoms with Gasteiger partial charge in [0.05, 0.1) is 18.8 Å². The summed E-state index contributed by atoms with van der Waals surface area (Å²) in [6, 6.07) is 8.44. The Balaban J connectivity index is 1.97. The highest BCUT2D eigenvalue weighted by molar-refractivity contribution is 5.24. The van der Waals surface area contributed by atoms with Crippen molar-refractivity contribution in [3.05, 3.63) is 35.4 Å². The highest BCUT2D eigenvalue weighted by Gasteiger charge is 2.29. The molecule has 0 amide bonds. The smallest absolute Gasteiger partial charge is 0.146 e. The van der Waals surface area contributed by atoms with Gasteiger partial charge in [0.2, 0.25) is 0 Å². The summed E-state index contributed by atoms with van der Waals surface area (Å²) in [5.41, 5.74) is 2.41. The predicted molar refractivity (Wildman–Crippen MR) is 73.9 cm³/mol. The molecular weight excluding hydrogens is 242 g/mol. The van der Waals surface area contributed by atoms with Gasteiger partial charge in [-0.15, -0.1) is 0 Å². The van der Waals surface area contributed by atoms with Gasteiger partial charge >= 0.3 is 0 Å². The lowest BCUT2D eigenvalue weighted by Gasteiger charge is -2.26. The third-order valence-electron chi connectivity index (χ3n) is 3.67. The van der Waals surface area contributed by atoms with Gasteiger partial charge < -0.3 is 14.6 Å². The molecule has 106 valence electrons. The Kier molecular flexibility index (Phi) is 5.34. The quantitative estimate of drug-likeness (QED) is 0.795. The van der Waals surface area contributed by atoms with E-state index >= 15 is 0 Å². The van der Waals surface area contributed by atoms with Crippen LogP contribution in [0.1, 0.15) is 23.6 Å². The van der Waals surface area contributed by atoms with Gasteiger partial charge in [0.1, 0.15) is 6.79 Å². The van der Waals surface area contributed by atoms with E-state index < -0.39 is 0 Å². The van der Waals surface area contributed by atoms with Gasteiger partial charge in [-0.1, -0.05) is 29.8 Å². The summed E-state index contributed by atoms with van der Waals surface area (Å²) in [7, 11) is 1.63. The number of benzene rings is 1. The van der Waals surface area contributed by atoms with Gasteiger partial charge in [-0.25, -0.2) is 0 Å². The molecule has 1 heterocycles. The zero-order valence-electron chi connectivity index (χ0n) is 11.7. The Hall–Kier alpha value is -0.940. The zero-order chi connectivity index (χ0) is 13.7. The summed E-state index contributed by atoms with van der Waals surface area (Å²) >= 11 is 0. The third kappa shape index (κ3) is 3.76. The molecule has 1 aromatic rings. The van der Waals surface area contributed by atoms with Crippen LogP contribution in [0, 0.1) is 6.92 Å². The monoisotopic (exact) mass is 265 g/mol. The summed E-state index contributed by atoms with van der Waals surface area (Å²) < 4.78 is 10.5. The fourth-order valence-corrected chi connectivity index (χ4v) is 2.56. The Morgan fingerprint density at radius 3 is 2.74 bits per heavy atom. The molecule has 0 saturated carbocycles. The fraction of sp³-hybridized carbons (Fsp3) is 0.600. The maximum absolute atomic E-state index is 9.66. The maximum atomic E-state index is 9.66. The number of rotatable bonds is 6. The average molecular weight is 265 g/mol. The van der Waals surface area contributed by atoms with Crippen LogP contribution in [0.15, 0.2) is 24.3 Å². The summed E-state index contributed by atoms with van der Waals surface area (Å²) in [5, 5.41) is 9.66. The lowest BCUT2D eigenvalue weighted by atomic mass is 10.0. The lowest BCUT2D eigenvalue weighted by Crippen LogP contribution is -2.30. The second-order valence-corrected chi connectivity index (χ2v) is 5.09. The topological polar surface area (TPSA) is 41.9 Å². The number of methoxy groups -OCH3 is 1. The minimum Gasteiger partial charge on any atom is -0.394 e. The summed E-state index contributed by atoms with van der Waals surface area (Å²) in [4.78, 5) is 2.28. The number of aliphatic hydroxyl groups is 1. The standard InChI is InChI=1S/C15H23NO3/c1-12-3-5-13(6-4-12)15(10-17)16-8-7-14(9-16)19-11-18-2/h3-6,14-15,17H,7-11H2,1-2H3/t14-,15-/m0/s1. The van der Waals surface area contributed by atoms with E-state index in [9.17, 15) is 5.11 Å². The van der Waals surface area contributed by atoms with Crippen LogP contribution in [-0.2, 0) is 9.47 Å². The average Bonchev–Trinajstić information content (AvgIpc) is 2.88. The molecule has 1 aliphatic heterocycles. The minimum atomic E-state index is 0.0664. The molecule has 0 radical (unpaired) electrons. The number of hydrogen-bond acceptors (Lipinski definition) is 4. The molecule has 2 rings (SSSR count). The van der Waals surface area contributed by atoms with Crippen molar-refractivity contribution in [2.75, 3.05) is 33.6 Å². The summed E-state index contributed by atoms with van der Waals surface area (Å²) in [6.07, 6.45) is 1.20. The number of aryl methyl sites for hydroxylation is 1. The molecule has 4 nitrogen and oxygen atoms in total. The van der Waals surface area contributed by atoms with Crippen LogP contribution in [0.4, 0.5) is 0 Å². The van der Waals surface area contributed by atoms with E-state index in [2.05, 4.69) is 36.1 Å². The Labute approximate surface area is 114 Å². The van der Waals surface area contributed by atoms with E-state index in [1.54, 1.807) is 7.11 Å². The molecule has 1 fully saturated rings. The minimum absolute atomic E-state index is 0.0664. The van der Waals surface area contributed by atoms with Crippen LogP contribution in [0.25, 0.3) is 0 Å². The molecule has 1 saturated heterocycles. The van der Waals surface area contributed by atoms with Crippen LogP contribution >= 0.6 is 0 Å². The third-order valence-corrected chi connectivity index (χ3v) is 3.67. The maximum Gasteiger partial charge on any atom is 0.146 e. The van der Waals surface area contributed by atoms with Crippen molar-refractivity contribution in [1.82, 2.24) is 4.90 Å². The number of ether oxygens (including phenoxy) is 2. The van der Waals surface area contributed by atoms with Gasteiger partial charge in [0.15, 0.2) is 0 Å². The molecule has 0 aromatic heterocycles. The summed E-state index contributed by atoms with van der Waals surface area (Å²) in [6.45, 7) is 4.35. The molecule has 1 N–H and O–H groups in total. The van der Waals surface area contributed by atoms with Crippen LogP contribution in [0.5, 0.6) is 0 Å². The van der Waals surface area contributed by atoms with Gasteiger partial charge in [0.25, 0.3) is 0 Å². The van der Waals surface area contributed by atoms with Crippen molar-refractivity contribution >= 4 is 0 Å². The molecule has 0 unspecified atom stereocenters. The van der Waals surface area contributed by atoms with Crippen molar-refractivity contribution in [2.24, 2.45) is 0 Å². The number of likely N-dealkylation sites (tertiary alicyclic amines) is 1. The fourth-order valence-electron chi connectivity index (χ4n) is 2.56. The predicted octanol–water partition coefficient (Wildman–Crippen LogP) is 1.72. The Morgan fingerprint density at radius 1 is 1.37 bits per heavy atom. The largest absolute Gasteiger partial charge is 0.394 e. The second-order valence-electron chi connectivity index (χ2n) is 5.09. The first-order valence-electron chi connectivity index (χ1n) is 6.76. The second kappa shape index (κ2) is 7.01. The van der Waals surface area contributed by atoms with E-state index in [1.165, 1.54) is 11.1 Å². The Bertz CT molecular complexity index is 379. The van der Waals surface area contributed by atoms with Crippen LogP contribution in [0.2, 0.25) is 0 Å². The molecule has 1 aromatic carbocycles. The van der Waals surface area contributed by atoms with E-state index in [1.807, 2.05) is 0 Å². The lowest BCUT2D eigenvalue weighted by molar-refractivity contribution is -0.0684. The summed E-state index contributed by atoms with van der Waals surface area (Å²) in [5.74, 6) is 0.